The molecule has 0 fully saturated rings. The van der Waals surface area contributed by atoms with Gasteiger partial charge in [0, 0.05) is 0 Å². The van der Waals surface area contributed by atoms with Gasteiger partial charge in [0.15, 0.2) is 11.4 Å². The lowest BCUT2D eigenvalue weighted by molar-refractivity contribution is 0.0967. The molecule has 0 bridgehead atoms. The van der Waals surface area contributed by atoms with Gasteiger partial charge in [-0.15, -0.1) is 0 Å². The van der Waals surface area contributed by atoms with E-state index >= 15 is 0 Å². The molecule has 2 aromatic heterocycles. The summed E-state index contributed by atoms with van der Waals surface area (Å²) in [4.78, 5) is 30.1. The number of hydrogen-bond acceptors (Lipinski definition) is 6. The van der Waals surface area contributed by atoms with Crippen LogP contribution in [0.15, 0.2) is 65.8 Å². The number of benzene rings is 2. The summed E-state index contributed by atoms with van der Waals surface area (Å²) < 4.78 is 13.3. The number of carbonyl (C=O) groups excluding carboxylic acids is 1. The van der Waals surface area contributed by atoms with Crippen LogP contribution in [0.25, 0.3) is 16.7 Å². The van der Waals surface area contributed by atoms with Crippen molar-refractivity contribution in [3.8, 4) is 17.2 Å². The van der Waals surface area contributed by atoms with Crippen molar-refractivity contribution in [2.24, 2.45) is 0 Å². The normalized spacial score (nSPS) is 10.8. The van der Waals surface area contributed by atoms with E-state index in [0.717, 1.165) is 5.69 Å². The van der Waals surface area contributed by atoms with E-state index < -0.39 is 0 Å². The zero-order valence-electron chi connectivity index (χ0n) is 15.9. The van der Waals surface area contributed by atoms with Gasteiger partial charge in [0.2, 0.25) is 0 Å². The lowest BCUT2D eigenvalue weighted by Crippen LogP contribution is -2.25. The van der Waals surface area contributed by atoms with Crippen LogP contribution < -0.4 is 15.0 Å². The van der Waals surface area contributed by atoms with Crippen molar-refractivity contribution in [3.05, 3.63) is 77.0 Å². The smallest absolute Gasteiger partial charge is 0.264 e. The topological polar surface area (TPSA) is 88.2 Å². The van der Waals surface area contributed by atoms with Crippen molar-refractivity contribution in [2.45, 2.75) is 6.54 Å². The van der Waals surface area contributed by atoms with Crippen LogP contribution >= 0.6 is 0 Å². The van der Waals surface area contributed by atoms with E-state index in [1.165, 1.54) is 31.3 Å². The standard InChI is InChI=1S/C21H18N4O4/c1-28-15-8-9-19(29-2)16(10-15)18(26)12-24-13-22-20-17(21(24)27)11-23-25(20)14-6-4-3-5-7-14/h3-11,13H,12H2,1-2H3. The van der Waals surface area contributed by atoms with Crippen molar-refractivity contribution in [3.63, 3.8) is 0 Å². The summed E-state index contributed by atoms with van der Waals surface area (Å²) in [5.41, 5.74) is 1.22. The van der Waals surface area contributed by atoms with E-state index in [1.807, 2.05) is 30.3 Å². The second-order valence-electron chi connectivity index (χ2n) is 6.30. The molecule has 0 aliphatic heterocycles. The van der Waals surface area contributed by atoms with Crippen molar-refractivity contribution < 1.29 is 14.3 Å². The van der Waals surface area contributed by atoms with Gasteiger partial charge in [-0.05, 0) is 30.3 Å². The maximum atomic E-state index is 12.9. The van der Waals surface area contributed by atoms with Crippen LogP contribution in [0.4, 0.5) is 0 Å². The summed E-state index contributed by atoms with van der Waals surface area (Å²) in [5, 5.41) is 4.61. The van der Waals surface area contributed by atoms with Crippen molar-refractivity contribution in [1.82, 2.24) is 19.3 Å². The Hall–Kier alpha value is -3.94. The minimum absolute atomic E-state index is 0.179. The summed E-state index contributed by atoms with van der Waals surface area (Å²) >= 11 is 0. The molecule has 0 saturated heterocycles. The van der Waals surface area contributed by atoms with Crippen molar-refractivity contribution >= 4 is 16.8 Å². The summed E-state index contributed by atoms with van der Waals surface area (Å²) in [6, 6.07) is 14.3. The van der Waals surface area contributed by atoms with Crippen molar-refractivity contribution in [1.29, 1.82) is 0 Å². The zero-order valence-corrected chi connectivity index (χ0v) is 15.9. The molecule has 0 N–H and O–H groups in total. The molecule has 0 saturated carbocycles. The first-order valence-corrected chi connectivity index (χ1v) is 8.86. The number of nitrogens with zero attached hydrogens (tertiary/aromatic N) is 4. The molecule has 2 aromatic carbocycles. The molecule has 8 nitrogen and oxygen atoms in total. The number of para-hydroxylation sites is 1. The van der Waals surface area contributed by atoms with E-state index in [2.05, 4.69) is 10.1 Å². The second kappa shape index (κ2) is 7.59. The fourth-order valence-electron chi connectivity index (χ4n) is 3.09. The quantitative estimate of drug-likeness (QED) is 0.470. The van der Waals surface area contributed by atoms with Gasteiger partial charge in [-0.3, -0.25) is 14.2 Å². The monoisotopic (exact) mass is 390 g/mol. The Bertz CT molecular complexity index is 1240. The van der Waals surface area contributed by atoms with E-state index in [9.17, 15) is 9.59 Å². The SMILES string of the molecule is COc1ccc(OC)c(C(=O)Cn2cnc3c(cnn3-c3ccccc3)c2=O)c1. The summed E-state index contributed by atoms with van der Waals surface area (Å²) in [6.07, 6.45) is 2.82. The number of rotatable bonds is 6. The number of Topliss-reactive ketones (excluding diaryl/α,β-unsaturated/α-hetero) is 1. The summed E-state index contributed by atoms with van der Waals surface area (Å²) in [6.45, 7) is -0.179. The molecule has 0 spiro atoms. The molecule has 0 unspecified atom stereocenters. The lowest BCUT2D eigenvalue weighted by Gasteiger charge is -2.10. The molecular weight excluding hydrogens is 372 g/mol. The molecule has 0 radical (unpaired) electrons. The zero-order chi connectivity index (χ0) is 20.4. The fraction of sp³-hybridized carbons (Fsp3) is 0.143. The molecule has 4 aromatic rings. The van der Waals surface area contributed by atoms with Crippen LogP contribution in [0.2, 0.25) is 0 Å². The average molecular weight is 390 g/mol. The Morgan fingerprint density at radius 2 is 1.86 bits per heavy atom. The van der Waals surface area contributed by atoms with Gasteiger partial charge in [-0.1, -0.05) is 18.2 Å². The molecule has 0 aliphatic rings. The van der Waals surface area contributed by atoms with Gasteiger partial charge in [-0.25, -0.2) is 9.67 Å². The molecular formula is C21H18N4O4. The third kappa shape index (κ3) is 3.36. The highest BCUT2D eigenvalue weighted by molar-refractivity contribution is 5.99. The van der Waals surface area contributed by atoms with Gasteiger partial charge in [0.05, 0.1) is 38.2 Å². The Morgan fingerprint density at radius 3 is 2.59 bits per heavy atom. The van der Waals surface area contributed by atoms with Crippen molar-refractivity contribution in [2.75, 3.05) is 14.2 Å². The Morgan fingerprint density at radius 1 is 1.07 bits per heavy atom. The summed E-state index contributed by atoms with van der Waals surface area (Å²) in [7, 11) is 3.00. The van der Waals surface area contributed by atoms with E-state index in [4.69, 9.17) is 9.47 Å². The first kappa shape index (κ1) is 18.4. The van der Waals surface area contributed by atoms with E-state index in [1.54, 1.807) is 22.9 Å². The van der Waals surface area contributed by atoms with Gasteiger partial charge in [0.1, 0.15) is 23.2 Å². The highest BCUT2D eigenvalue weighted by Crippen LogP contribution is 2.24. The van der Waals surface area contributed by atoms with Gasteiger partial charge in [0.25, 0.3) is 5.56 Å². The van der Waals surface area contributed by atoms with E-state index in [0.29, 0.717) is 28.1 Å². The predicted octanol–water partition coefficient (Wildman–Crippen LogP) is 2.48. The largest absolute Gasteiger partial charge is 0.497 e. The third-order valence-corrected chi connectivity index (χ3v) is 4.58. The fourth-order valence-corrected chi connectivity index (χ4v) is 3.09. The number of ether oxygens (including phenoxy) is 2. The van der Waals surface area contributed by atoms with Gasteiger partial charge < -0.3 is 9.47 Å². The second-order valence-corrected chi connectivity index (χ2v) is 6.30. The number of carbonyl (C=O) groups is 1. The van der Waals surface area contributed by atoms with Crippen LogP contribution in [-0.2, 0) is 6.54 Å². The van der Waals surface area contributed by atoms with Crippen LogP contribution in [0.5, 0.6) is 11.5 Å². The molecule has 29 heavy (non-hydrogen) atoms. The first-order valence-electron chi connectivity index (χ1n) is 8.86. The van der Waals surface area contributed by atoms with Crippen LogP contribution in [0, 0.1) is 0 Å². The minimum atomic E-state index is -0.340. The maximum absolute atomic E-state index is 12.9. The number of ketones is 1. The van der Waals surface area contributed by atoms with E-state index in [-0.39, 0.29) is 17.9 Å². The van der Waals surface area contributed by atoms with Gasteiger partial charge >= 0.3 is 0 Å². The molecule has 8 heteroatoms. The predicted molar refractivity (Wildman–Crippen MR) is 107 cm³/mol. The molecule has 0 amide bonds. The number of hydrogen-bond donors (Lipinski definition) is 0. The Kier molecular flexibility index (Phi) is 4.82. The first-order chi connectivity index (χ1) is 14.1. The highest BCUT2D eigenvalue weighted by Gasteiger charge is 2.17. The highest BCUT2D eigenvalue weighted by atomic mass is 16.5. The lowest BCUT2D eigenvalue weighted by atomic mass is 10.1. The molecule has 4 rings (SSSR count). The van der Waals surface area contributed by atoms with Gasteiger partial charge in [-0.2, -0.15) is 5.10 Å². The molecule has 0 aliphatic carbocycles. The molecule has 146 valence electrons. The minimum Gasteiger partial charge on any atom is -0.497 e. The van der Waals surface area contributed by atoms with Crippen LogP contribution in [0.1, 0.15) is 10.4 Å². The average Bonchev–Trinajstić information content (AvgIpc) is 3.20. The maximum Gasteiger partial charge on any atom is 0.264 e. The number of methoxy groups -OCH3 is 2. The number of aromatic nitrogens is 4. The summed E-state index contributed by atoms with van der Waals surface area (Å²) in [5.74, 6) is 0.647. The Labute approximate surface area is 165 Å². The molecule has 0 atom stereocenters. The Balaban J connectivity index is 1.70. The van der Waals surface area contributed by atoms with Crippen LogP contribution in [0.3, 0.4) is 0 Å². The molecule has 2 heterocycles. The third-order valence-electron chi connectivity index (χ3n) is 4.58. The van der Waals surface area contributed by atoms with Crippen LogP contribution in [-0.4, -0.2) is 39.3 Å². The number of fused-ring (bicyclic) bond motifs is 1.